The number of aliphatic hydroxyl groups is 8. The van der Waals surface area contributed by atoms with Crippen LogP contribution in [0.2, 0.25) is 0 Å². The van der Waals surface area contributed by atoms with Crippen molar-refractivity contribution in [2.24, 2.45) is 0 Å². The molecular weight excluding hydrogens is 252 g/mol. The molecule has 1 heterocycles. The van der Waals surface area contributed by atoms with Gasteiger partial charge in [0.15, 0.2) is 0 Å². The van der Waals surface area contributed by atoms with Gasteiger partial charge in [0.2, 0.25) is 5.79 Å². The van der Waals surface area contributed by atoms with Gasteiger partial charge in [0.1, 0.15) is 36.6 Å². The minimum absolute atomic E-state index is 0.843. The van der Waals surface area contributed by atoms with Crippen LogP contribution in [0.15, 0.2) is 0 Å². The van der Waals surface area contributed by atoms with Crippen molar-refractivity contribution in [1.29, 1.82) is 0 Å². The van der Waals surface area contributed by atoms with E-state index in [4.69, 9.17) is 14.9 Å². The minimum atomic E-state index is -2.58. The van der Waals surface area contributed by atoms with Crippen molar-refractivity contribution in [1.82, 2.24) is 0 Å². The van der Waals surface area contributed by atoms with Crippen LogP contribution in [-0.2, 0) is 4.74 Å². The lowest BCUT2D eigenvalue weighted by molar-refractivity contribution is -0.368. The van der Waals surface area contributed by atoms with E-state index in [1.54, 1.807) is 0 Å². The van der Waals surface area contributed by atoms with Crippen LogP contribution in [-0.4, -0.2) is 96.5 Å². The molecule has 1 saturated heterocycles. The van der Waals surface area contributed by atoms with Crippen LogP contribution < -0.4 is 0 Å². The first kappa shape index (κ1) is 15.7. The topological polar surface area (TPSA) is 171 Å². The number of aliphatic hydroxyl groups excluding tert-OH is 7. The molecule has 1 fully saturated rings. The second-order valence-electron chi connectivity index (χ2n) is 4.25. The lowest BCUT2D eigenvalue weighted by Crippen LogP contribution is -2.69. The second-order valence-corrected chi connectivity index (χ2v) is 4.25. The van der Waals surface area contributed by atoms with E-state index < -0.39 is 55.6 Å². The SMILES string of the molecule is OC[C@@H](O)[C@H](O)[C@H]1OC(O)(CO)[C@H](O)[C@@H](O)[C@H]1O. The molecule has 0 radical (unpaired) electrons. The summed E-state index contributed by atoms with van der Waals surface area (Å²) in [4.78, 5) is 0. The molecule has 18 heavy (non-hydrogen) atoms. The van der Waals surface area contributed by atoms with Crippen LogP contribution in [0, 0.1) is 0 Å². The summed E-state index contributed by atoms with van der Waals surface area (Å²) in [7, 11) is 0. The van der Waals surface area contributed by atoms with Crippen LogP contribution in [0.4, 0.5) is 0 Å². The lowest BCUT2D eigenvalue weighted by Gasteiger charge is -2.46. The Bertz CT molecular complexity index is 271. The van der Waals surface area contributed by atoms with E-state index in [2.05, 4.69) is 0 Å². The Hall–Kier alpha value is -0.360. The maximum atomic E-state index is 9.66. The van der Waals surface area contributed by atoms with Crippen molar-refractivity contribution in [3.05, 3.63) is 0 Å². The monoisotopic (exact) mass is 270 g/mol. The first-order chi connectivity index (χ1) is 8.28. The summed E-state index contributed by atoms with van der Waals surface area (Å²) >= 11 is 0. The summed E-state index contributed by atoms with van der Waals surface area (Å²) in [5.41, 5.74) is 0. The van der Waals surface area contributed by atoms with Gasteiger partial charge < -0.3 is 45.6 Å². The Balaban J connectivity index is 2.92. The summed E-state index contributed by atoms with van der Waals surface area (Å²) in [6, 6.07) is 0. The zero-order valence-electron chi connectivity index (χ0n) is 9.36. The van der Waals surface area contributed by atoms with Crippen LogP contribution in [0.1, 0.15) is 0 Å². The van der Waals surface area contributed by atoms with Gasteiger partial charge in [-0.25, -0.2) is 0 Å². The molecule has 0 aliphatic carbocycles. The van der Waals surface area contributed by atoms with Crippen molar-refractivity contribution in [3.8, 4) is 0 Å². The Morgan fingerprint density at radius 1 is 1.06 bits per heavy atom. The molecule has 7 atom stereocenters. The number of hydrogen-bond acceptors (Lipinski definition) is 9. The van der Waals surface area contributed by atoms with Crippen molar-refractivity contribution in [2.45, 2.75) is 42.4 Å². The highest BCUT2D eigenvalue weighted by molar-refractivity contribution is 4.99. The Kier molecular flexibility index (Phi) is 5.00. The Labute approximate surface area is 102 Å². The first-order valence-corrected chi connectivity index (χ1v) is 5.30. The molecule has 1 unspecified atom stereocenters. The number of ether oxygens (including phenoxy) is 1. The molecule has 1 aliphatic heterocycles. The average molecular weight is 270 g/mol. The number of hydrogen-bond donors (Lipinski definition) is 8. The molecule has 1 rings (SSSR count). The zero-order chi connectivity index (χ0) is 14.1. The van der Waals surface area contributed by atoms with Gasteiger partial charge in [-0.15, -0.1) is 0 Å². The van der Waals surface area contributed by atoms with Gasteiger partial charge in [-0.1, -0.05) is 0 Å². The summed E-state index contributed by atoms with van der Waals surface area (Å²) < 4.78 is 4.73. The molecular formula is C9H18O9. The van der Waals surface area contributed by atoms with E-state index in [0.29, 0.717) is 0 Å². The van der Waals surface area contributed by atoms with Crippen molar-refractivity contribution in [3.63, 3.8) is 0 Å². The fraction of sp³-hybridized carbons (Fsp3) is 1.00. The normalized spacial score (nSPS) is 44.7. The summed E-state index contributed by atoms with van der Waals surface area (Å²) in [5, 5.41) is 74.5. The minimum Gasteiger partial charge on any atom is -0.394 e. The smallest absolute Gasteiger partial charge is 0.219 e. The molecule has 8 N–H and O–H groups in total. The maximum Gasteiger partial charge on any atom is 0.219 e. The highest BCUT2D eigenvalue weighted by atomic mass is 16.7. The first-order valence-electron chi connectivity index (χ1n) is 5.30. The molecule has 0 bridgehead atoms. The standard InChI is InChI=1S/C9H18O9/c10-1-3(12)4(13)7-5(14)6(15)8(16)9(17,2-11)18-7/h3-8,10-17H,1-2H2/t3-,4+,5-,6+,7-,8-,9?/m1/s1. The second kappa shape index (κ2) is 5.74. The largest absolute Gasteiger partial charge is 0.394 e. The van der Waals surface area contributed by atoms with Crippen molar-refractivity contribution < 1.29 is 45.6 Å². The van der Waals surface area contributed by atoms with E-state index in [-0.39, 0.29) is 0 Å². The van der Waals surface area contributed by atoms with Crippen LogP contribution in [0.25, 0.3) is 0 Å². The third-order valence-corrected chi connectivity index (χ3v) is 2.96. The van der Waals surface area contributed by atoms with E-state index in [9.17, 15) is 30.6 Å². The predicted molar refractivity (Wildman–Crippen MR) is 54.0 cm³/mol. The van der Waals surface area contributed by atoms with E-state index in [1.165, 1.54) is 0 Å². The van der Waals surface area contributed by atoms with Gasteiger partial charge in [0, 0.05) is 0 Å². The highest BCUT2D eigenvalue weighted by Gasteiger charge is 2.54. The lowest BCUT2D eigenvalue weighted by atomic mass is 9.89. The van der Waals surface area contributed by atoms with Gasteiger partial charge >= 0.3 is 0 Å². The molecule has 0 aromatic heterocycles. The molecule has 0 aromatic rings. The van der Waals surface area contributed by atoms with Gasteiger partial charge in [0.25, 0.3) is 0 Å². The van der Waals surface area contributed by atoms with Crippen LogP contribution >= 0.6 is 0 Å². The molecule has 0 amide bonds. The van der Waals surface area contributed by atoms with Gasteiger partial charge in [-0.05, 0) is 0 Å². The quantitative estimate of drug-likeness (QED) is 0.249. The molecule has 1 aliphatic rings. The van der Waals surface area contributed by atoms with Gasteiger partial charge in [-0.2, -0.15) is 0 Å². The van der Waals surface area contributed by atoms with E-state index in [0.717, 1.165) is 0 Å². The Morgan fingerprint density at radius 2 is 1.61 bits per heavy atom. The molecule has 9 nitrogen and oxygen atoms in total. The van der Waals surface area contributed by atoms with Crippen molar-refractivity contribution in [2.75, 3.05) is 13.2 Å². The van der Waals surface area contributed by atoms with Crippen LogP contribution in [0.3, 0.4) is 0 Å². The van der Waals surface area contributed by atoms with Crippen molar-refractivity contribution >= 4 is 0 Å². The summed E-state index contributed by atoms with van der Waals surface area (Å²) in [6.45, 7) is -1.94. The average Bonchev–Trinajstić information content (AvgIpc) is 2.38. The van der Waals surface area contributed by atoms with Crippen LogP contribution in [0.5, 0.6) is 0 Å². The summed E-state index contributed by atoms with van der Waals surface area (Å²) in [5.74, 6) is -2.58. The molecule has 0 saturated carbocycles. The summed E-state index contributed by atoms with van der Waals surface area (Å²) in [6.07, 6.45) is -10.9. The zero-order valence-corrected chi connectivity index (χ0v) is 9.36. The molecule has 9 heteroatoms. The molecule has 0 spiro atoms. The van der Waals surface area contributed by atoms with Gasteiger partial charge in [-0.3, -0.25) is 0 Å². The number of rotatable bonds is 4. The fourth-order valence-corrected chi connectivity index (χ4v) is 1.75. The fourth-order valence-electron chi connectivity index (χ4n) is 1.75. The predicted octanol–water partition coefficient (Wildman–Crippen LogP) is -5.14. The molecule has 0 aromatic carbocycles. The van der Waals surface area contributed by atoms with E-state index >= 15 is 0 Å². The van der Waals surface area contributed by atoms with Gasteiger partial charge in [0.05, 0.1) is 13.2 Å². The third kappa shape index (κ3) is 2.64. The highest BCUT2D eigenvalue weighted by Crippen LogP contribution is 2.30. The molecule has 108 valence electrons. The third-order valence-electron chi connectivity index (χ3n) is 2.96. The maximum absolute atomic E-state index is 9.66. The van der Waals surface area contributed by atoms with E-state index in [1.807, 2.05) is 0 Å². The Morgan fingerprint density at radius 3 is 2.06 bits per heavy atom.